The smallest absolute Gasteiger partial charge is 0.251 e. The fourth-order valence-corrected chi connectivity index (χ4v) is 4.30. The summed E-state index contributed by atoms with van der Waals surface area (Å²) < 4.78 is 1.74. The summed E-state index contributed by atoms with van der Waals surface area (Å²) >= 11 is 0. The molecule has 4 aromatic rings. The Morgan fingerprint density at radius 1 is 0.912 bits per heavy atom. The van der Waals surface area contributed by atoms with Crippen molar-refractivity contribution in [1.29, 1.82) is 0 Å². The van der Waals surface area contributed by atoms with Gasteiger partial charge in [-0.2, -0.15) is 5.10 Å². The zero-order chi connectivity index (χ0) is 24.1. The largest absolute Gasteiger partial charge is 0.349 e. The molecular formula is C28H31N5O. The molecule has 0 bridgehead atoms. The number of amides is 1. The molecule has 2 heterocycles. The first kappa shape index (κ1) is 23.4. The van der Waals surface area contributed by atoms with Crippen LogP contribution in [0.3, 0.4) is 0 Å². The van der Waals surface area contributed by atoms with Gasteiger partial charge in [0.05, 0.1) is 18.2 Å². The highest BCUT2D eigenvalue weighted by Crippen LogP contribution is 2.21. The van der Waals surface area contributed by atoms with Crippen LogP contribution in [0.1, 0.15) is 51.9 Å². The number of aromatic nitrogens is 4. The van der Waals surface area contributed by atoms with Crippen molar-refractivity contribution in [3.8, 4) is 5.95 Å². The third-order valence-corrected chi connectivity index (χ3v) is 6.04. The van der Waals surface area contributed by atoms with Crippen molar-refractivity contribution >= 4 is 5.91 Å². The molecule has 0 spiro atoms. The second-order valence-corrected chi connectivity index (χ2v) is 8.74. The molecular weight excluding hydrogens is 422 g/mol. The van der Waals surface area contributed by atoms with E-state index in [1.54, 1.807) is 4.68 Å². The lowest BCUT2D eigenvalue weighted by atomic mass is 9.98. The van der Waals surface area contributed by atoms with E-state index in [-0.39, 0.29) is 18.4 Å². The third-order valence-electron chi connectivity index (χ3n) is 6.04. The molecule has 2 aromatic carbocycles. The maximum absolute atomic E-state index is 13.2. The van der Waals surface area contributed by atoms with E-state index < -0.39 is 0 Å². The standard InChI is InChI=1S/C28H31N5O/c1-19-17-20(2)30-28(29-19)33-22(4)25(21(3)32-33)18-27(34)31-26(24-13-9-6-10-14-24)16-15-23-11-7-5-8-12-23/h5-14,17,26H,15-16,18H2,1-4H3,(H,31,34). The molecule has 1 amide bonds. The highest BCUT2D eigenvalue weighted by atomic mass is 16.1. The summed E-state index contributed by atoms with van der Waals surface area (Å²) in [7, 11) is 0. The number of rotatable bonds is 8. The molecule has 0 aliphatic carbocycles. The van der Waals surface area contributed by atoms with Gasteiger partial charge in [0.2, 0.25) is 5.91 Å². The van der Waals surface area contributed by atoms with Crippen molar-refractivity contribution in [2.45, 2.75) is 53.0 Å². The predicted octanol–water partition coefficient (Wildman–Crippen LogP) is 4.93. The number of nitrogens with one attached hydrogen (secondary N) is 1. The molecule has 2 aromatic heterocycles. The fraction of sp³-hybridized carbons (Fsp3) is 0.286. The van der Waals surface area contributed by atoms with E-state index >= 15 is 0 Å². The predicted molar refractivity (Wildman–Crippen MR) is 134 cm³/mol. The van der Waals surface area contributed by atoms with Crippen molar-refractivity contribution < 1.29 is 4.79 Å². The van der Waals surface area contributed by atoms with Crippen LogP contribution in [0.25, 0.3) is 5.95 Å². The monoisotopic (exact) mass is 453 g/mol. The van der Waals surface area contributed by atoms with Crippen LogP contribution in [0.4, 0.5) is 0 Å². The van der Waals surface area contributed by atoms with Crippen LogP contribution in [0, 0.1) is 27.7 Å². The van der Waals surface area contributed by atoms with Crippen molar-refractivity contribution in [3.63, 3.8) is 0 Å². The van der Waals surface area contributed by atoms with Crippen LogP contribution in [0.2, 0.25) is 0 Å². The van der Waals surface area contributed by atoms with E-state index in [0.717, 1.165) is 46.7 Å². The molecule has 0 saturated heterocycles. The first-order valence-electron chi connectivity index (χ1n) is 11.7. The van der Waals surface area contributed by atoms with Gasteiger partial charge in [-0.3, -0.25) is 4.79 Å². The summed E-state index contributed by atoms with van der Waals surface area (Å²) in [4.78, 5) is 22.2. The molecule has 1 unspecified atom stereocenters. The quantitative estimate of drug-likeness (QED) is 0.411. The first-order valence-corrected chi connectivity index (χ1v) is 11.7. The number of carbonyl (C=O) groups excluding carboxylic acids is 1. The SMILES string of the molecule is Cc1cc(C)nc(-n2nc(C)c(CC(=O)NC(CCc3ccccc3)c3ccccc3)c2C)n1. The zero-order valence-corrected chi connectivity index (χ0v) is 20.2. The number of hydrogen-bond acceptors (Lipinski definition) is 4. The Morgan fingerprint density at radius 2 is 1.53 bits per heavy atom. The Bertz CT molecular complexity index is 1240. The lowest BCUT2D eigenvalue weighted by molar-refractivity contribution is -0.121. The topological polar surface area (TPSA) is 72.7 Å². The highest BCUT2D eigenvalue weighted by Gasteiger charge is 2.20. The molecule has 0 aliphatic rings. The van der Waals surface area contributed by atoms with Gasteiger partial charge >= 0.3 is 0 Å². The minimum atomic E-state index is -0.0627. The molecule has 0 aliphatic heterocycles. The normalized spacial score (nSPS) is 11.9. The van der Waals surface area contributed by atoms with E-state index in [1.165, 1.54) is 5.56 Å². The third kappa shape index (κ3) is 5.57. The summed E-state index contributed by atoms with van der Waals surface area (Å²) in [6, 6.07) is 22.4. The summed E-state index contributed by atoms with van der Waals surface area (Å²) in [6.45, 7) is 7.78. The van der Waals surface area contributed by atoms with Crippen LogP contribution in [-0.4, -0.2) is 25.7 Å². The van der Waals surface area contributed by atoms with Gasteiger partial charge in [-0.25, -0.2) is 14.6 Å². The van der Waals surface area contributed by atoms with Crippen molar-refractivity contribution in [2.75, 3.05) is 0 Å². The Hall–Kier alpha value is -3.80. The van der Waals surface area contributed by atoms with E-state index in [1.807, 2.05) is 70.2 Å². The molecule has 6 heteroatoms. The maximum Gasteiger partial charge on any atom is 0.251 e. The van der Waals surface area contributed by atoms with Gasteiger partial charge in [-0.05, 0) is 57.7 Å². The summed E-state index contributed by atoms with van der Waals surface area (Å²) in [5.41, 5.74) is 6.76. The zero-order valence-electron chi connectivity index (χ0n) is 20.2. The molecule has 0 fully saturated rings. The van der Waals surface area contributed by atoms with Gasteiger partial charge in [0, 0.05) is 22.6 Å². The molecule has 6 nitrogen and oxygen atoms in total. The number of carbonyl (C=O) groups is 1. The molecule has 174 valence electrons. The van der Waals surface area contributed by atoms with E-state index in [2.05, 4.69) is 44.6 Å². The summed E-state index contributed by atoms with van der Waals surface area (Å²) in [5.74, 6) is 0.517. The van der Waals surface area contributed by atoms with Gasteiger partial charge in [0.25, 0.3) is 5.95 Å². The van der Waals surface area contributed by atoms with Crippen molar-refractivity contribution in [1.82, 2.24) is 25.1 Å². The highest BCUT2D eigenvalue weighted by molar-refractivity contribution is 5.79. The fourth-order valence-electron chi connectivity index (χ4n) is 4.30. The van der Waals surface area contributed by atoms with Gasteiger partial charge in [0.1, 0.15) is 0 Å². The number of hydrogen-bond donors (Lipinski definition) is 1. The van der Waals surface area contributed by atoms with Gasteiger partial charge in [-0.1, -0.05) is 60.7 Å². The van der Waals surface area contributed by atoms with Gasteiger partial charge < -0.3 is 5.32 Å². The number of aryl methyl sites for hydroxylation is 4. The number of nitrogens with zero attached hydrogens (tertiary/aromatic N) is 4. The molecule has 34 heavy (non-hydrogen) atoms. The van der Waals surface area contributed by atoms with Crippen molar-refractivity contribution in [3.05, 3.63) is 106 Å². The van der Waals surface area contributed by atoms with Crippen LogP contribution >= 0.6 is 0 Å². The van der Waals surface area contributed by atoms with Gasteiger partial charge in [-0.15, -0.1) is 0 Å². The van der Waals surface area contributed by atoms with E-state index in [0.29, 0.717) is 5.95 Å². The Labute approximate surface area is 201 Å². The molecule has 1 N–H and O–H groups in total. The van der Waals surface area contributed by atoms with Crippen LogP contribution in [0.15, 0.2) is 66.7 Å². The van der Waals surface area contributed by atoms with E-state index in [4.69, 9.17) is 0 Å². The minimum Gasteiger partial charge on any atom is -0.349 e. The molecule has 0 saturated carbocycles. The van der Waals surface area contributed by atoms with Crippen LogP contribution in [0.5, 0.6) is 0 Å². The Balaban J connectivity index is 1.52. The average molecular weight is 454 g/mol. The average Bonchev–Trinajstić information content (AvgIpc) is 3.10. The summed E-state index contributed by atoms with van der Waals surface area (Å²) in [5, 5.41) is 7.91. The second-order valence-electron chi connectivity index (χ2n) is 8.74. The lowest BCUT2D eigenvalue weighted by Crippen LogP contribution is -2.30. The maximum atomic E-state index is 13.2. The van der Waals surface area contributed by atoms with Gasteiger partial charge in [0.15, 0.2) is 0 Å². The first-order chi connectivity index (χ1) is 16.4. The van der Waals surface area contributed by atoms with Crippen molar-refractivity contribution in [2.24, 2.45) is 0 Å². The van der Waals surface area contributed by atoms with Crippen LogP contribution < -0.4 is 5.32 Å². The minimum absolute atomic E-state index is 0.0194. The second kappa shape index (κ2) is 10.4. The van der Waals surface area contributed by atoms with Crippen LogP contribution in [-0.2, 0) is 17.6 Å². The lowest BCUT2D eigenvalue weighted by Gasteiger charge is -2.19. The summed E-state index contributed by atoms with van der Waals surface area (Å²) in [6.07, 6.45) is 1.98. The molecule has 0 radical (unpaired) electrons. The van der Waals surface area contributed by atoms with E-state index in [9.17, 15) is 4.79 Å². The molecule has 1 atom stereocenters. The Morgan fingerprint density at radius 3 is 2.18 bits per heavy atom. The molecule has 4 rings (SSSR count). The number of benzene rings is 2. The Kier molecular flexibility index (Phi) is 7.16.